The molecule has 1 fully saturated rings. The van der Waals surface area contributed by atoms with Gasteiger partial charge in [0.05, 0.1) is 6.04 Å². The summed E-state index contributed by atoms with van der Waals surface area (Å²) in [5.74, 6) is 9.04. The third-order valence-electron chi connectivity index (χ3n) is 3.55. The van der Waals surface area contributed by atoms with Crippen molar-refractivity contribution in [2.45, 2.75) is 23.5 Å². The molecule has 0 spiro atoms. The van der Waals surface area contributed by atoms with Gasteiger partial charge >= 0.3 is 0 Å². The Balaban J connectivity index is 1.94. The zero-order chi connectivity index (χ0) is 14.1. The van der Waals surface area contributed by atoms with Crippen molar-refractivity contribution in [1.82, 2.24) is 5.43 Å². The van der Waals surface area contributed by atoms with E-state index in [4.69, 9.17) is 21.9 Å². The summed E-state index contributed by atoms with van der Waals surface area (Å²) in [5, 5.41) is 2.70. The minimum absolute atomic E-state index is 0.0222. The molecule has 0 amide bonds. The summed E-state index contributed by atoms with van der Waals surface area (Å²) in [5.41, 5.74) is 3.79. The minimum Gasteiger partial charge on any atom is -0.459 e. The Bertz CT molecular complexity index is 604. The van der Waals surface area contributed by atoms with Gasteiger partial charge in [-0.05, 0) is 24.3 Å². The second-order valence-corrected chi connectivity index (χ2v) is 8.09. The van der Waals surface area contributed by atoms with Crippen molar-refractivity contribution in [1.29, 1.82) is 0 Å². The lowest BCUT2D eigenvalue weighted by atomic mass is 10.1. The van der Waals surface area contributed by atoms with Gasteiger partial charge in [0.1, 0.15) is 11.3 Å². The smallest absolute Gasteiger partial charge is 0.134 e. The van der Waals surface area contributed by atoms with Crippen molar-refractivity contribution in [3.05, 3.63) is 35.0 Å². The highest BCUT2D eigenvalue weighted by atomic mass is 35.5. The van der Waals surface area contributed by atoms with Crippen LogP contribution in [-0.4, -0.2) is 22.0 Å². The van der Waals surface area contributed by atoms with E-state index in [-0.39, 0.29) is 6.04 Å². The highest BCUT2D eigenvalue weighted by Gasteiger charge is 2.32. The van der Waals surface area contributed by atoms with Crippen molar-refractivity contribution in [3.8, 4) is 0 Å². The fourth-order valence-electron chi connectivity index (χ4n) is 2.54. The van der Waals surface area contributed by atoms with Crippen LogP contribution in [0.4, 0.5) is 0 Å². The highest BCUT2D eigenvalue weighted by Crippen LogP contribution is 2.39. The topological polar surface area (TPSA) is 51.2 Å². The van der Waals surface area contributed by atoms with Crippen LogP contribution in [0.1, 0.15) is 18.7 Å². The summed E-state index contributed by atoms with van der Waals surface area (Å²) in [6.45, 7) is 2.26. The van der Waals surface area contributed by atoms with Gasteiger partial charge in [0.2, 0.25) is 0 Å². The second-order valence-electron chi connectivity index (χ2n) is 4.89. The molecule has 3 nitrogen and oxygen atoms in total. The first-order valence-electron chi connectivity index (χ1n) is 6.57. The zero-order valence-corrected chi connectivity index (χ0v) is 13.5. The number of furan rings is 1. The number of benzene rings is 1. The van der Waals surface area contributed by atoms with E-state index in [1.54, 1.807) is 0 Å². The maximum Gasteiger partial charge on any atom is 0.134 e. The third kappa shape index (κ3) is 2.83. The number of hydrogen-bond acceptors (Lipinski definition) is 5. The van der Waals surface area contributed by atoms with E-state index < -0.39 is 0 Å². The first-order valence-corrected chi connectivity index (χ1v) is 9.05. The van der Waals surface area contributed by atoms with Crippen LogP contribution in [-0.2, 0) is 0 Å². The number of fused-ring (bicyclic) bond motifs is 1. The van der Waals surface area contributed by atoms with E-state index in [1.807, 2.05) is 47.8 Å². The van der Waals surface area contributed by atoms with Gasteiger partial charge in [0, 0.05) is 32.4 Å². The predicted molar refractivity (Wildman–Crippen MR) is 89.5 cm³/mol. The predicted octanol–water partition coefficient (Wildman–Crippen LogP) is 3.83. The molecule has 1 aliphatic rings. The molecule has 0 radical (unpaired) electrons. The summed E-state index contributed by atoms with van der Waals surface area (Å²) in [6.07, 6.45) is 0. The first-order chi connectivity index (χ1) is 9.69. The Morgan fingerprint density at radius 1 is 1.35 bits per heavy atom. The molecular weight excluding hydrogens is 312 g/mol. The van der Waals surface area contributed by atoms with E-state index in [1.165, 1.54) is 5.75 Å². The van der Waals surface area contributed by atoms with Crippen LogP contribution in [0, 0.1) is 0 Å². The number of thioether (sulfide) groups is 2. The molecule has 3 atom stereocenters. The van der Waals surface area contributed by atoms with Crippen LogP contribution >= 0.6 is 35.1 Å². The monoisotopic (exact) mass is 328 g/mol. The molecule has 1 aliphatic heterocycles. The standard InChI is InChI=1S/C14H17ClN2OS2/c1-8-14(20-5-4-19-8)13(17-16)12-7-9-6-10(15)2-3-11(9)18-12/h2-3,6-8,13-14,17H,4-5,16H2,1H3. The van der Waals surface area contributed by atoms with Crippen molar-refractivity contribution < 1.29 is 4.42 Å². The maximum absolute atomic E-state index is 6.02. The summed E-state index contributed by atoms with van der Waals surface area (Å²) in [7, 11) is 0. The fraction of sp³-hybridized carbons (Fsp3) is 0.429. The lowest BCUT2D eigenvalue weighted by Gasteiger charge is -2.32. The number of hydrogen-bond donors (Lipinski definition) is 2. The van der Waals surface area contributed by atoms with Gasteiger partial charge in [-0.15, -0.1) is 0 Å². The van der Waals surface area contributed by atoms with Gasteiger partial charge in [0.25, 0.3) is 0 Å². The Labute approximate surface area is 132 Å². The first kappa shape index (κ1) is 14.6. The molecule has 3 unspecified atom stereocenters. The van der Waals surface area contributed by atoms with Crippen LogP contribution in [0.5, 0.6) is 0 Å². The van der Waals surface area contributed by atoms with Crippen LogP contribution in [0.2, 0.25) is 5.02 Å². The van der Waals surface area contributed by atoms with Gasteiger partial charge in [-0.2, -0.15) is 23.5 Å². The third-order valence-corrected chi connectivity index (χ3v) is 6.98. The lowest BCUT2D eigenvalue weighted by Crippen LogP contribution is -2.40. The second kappa shape index (κ2) is 6.20. The van der Waals surface area contributed by atoms with Gasteiger partial charge in [0.15, 0.2) is 0 Å². The number of halogens is 1. The molecule has 0 bridgehead atoms. The molecule has 1 aromatic heterocycles. The molecule has 0 aliphatic carbocycles. The van der Waals surface area contributed by atoms with Crippen LogP contribution < -0.4 is 11.3 Å². The average Bonchev–Trinajstić information content (AvgIpc) is 2.84. The maximum atomic E-state index is 6.02. The van der Waals surface area contributed by atoms with Gasteiger partial charge in [-0.25, -0.2) is 5.43 Å². The van der Waals surface area contributed by atoms with Crippen LogP contribution in [0.3, 0.4) is 0 Å². The lowest BCUT2D eigenvalue weighted by molar-refractivity contribution is 0.424. The molecule has 1 saturated heterocycles. The molecule has 2 aromatic rings. The molecule has 3 rings (SSSR count). The summed E-state index contributed by atoms with van der Waals surface area (Å²) >= 11 is 9.98. The van der Waals surface area contributed by atoms with E-state index in [0.717, 1.165) is 27.5 Å². The van der Waals surface area contributed by atoms with Crippen molar-refractivity contribution in [2.75, 3.05) is 11.5 Å². The molecule has 1 aromatic carbocycles. The normalized spacial score (nSPS) is 24.9. The van der Waals surface area contributed by atoms with Gasteiger partial charge in [-0.1, -0.05) is 18.5 Å². The van der Waals surface area contributed by atoms with E-state index in [2.05, 4.69) is 12.3 Å². The summed E-state index contributed by atoms with van der Waals surface area (Å²) < 4.78 is 5.95. The quantitative estimate of drug-likeness (QED) is 0.662. The van der Waals surface area contributed by atoms with Crippen molar-refractivity contribution in [2.24, 2.45) is 5.84 Å². The van der Waals surface area contributed by atoms with E-state index >= 15 is 0 Å². The van der Waals surface area contributed by atoms with Gasteiger partial charge < -0.3 is 4.42 Å². The molecule has 108 valence electrons. The van der Waals surface area contributed by atoms with Gasteiger partial charge in [-0.3, -0.25) is 5.84 Å². The number of rotatable bonds is 3. The largest absolute Gasteiger partial charge is 0.459 e. The average molecular weight is 329 g/mol. The Kier molecular flexibility index (Phi) is 4.52. The van der Waals surface area contributed by atoms with E-state index in [9.17, 15) is 0 Å². The molecule has 0 saturated carbocycles. The molecule has 3 N–H and O–H groups in total. The van der Waals surface area contributed by atoms with E-state index in [0.29, 0.717) is 10.5 Å². The zero-order valence-electron chi connectivity index (χ0n) is 11.1. The number of nitrogens with two attached hydrogens (primary N) is 1. The molecule has 20 heavy (non-hydrogen) atoms. The molecular formula is C14H17ClN2OS2. The summed E-state index contributed by atoms with van der Waals surface area (Å²) in [6, 6.07) is 7.73. The number of hydrazine groups is 1. The van der Waals surface area contributed by atoms with Crippen molar-refractivity contribution in [3.63, 3.8) is 0 Å². The minimum atomic E-state index is 0.0222. The van der Waals surface area contributed by atoms with Crippen LogP contribution in [0.25, 0.3) is 11.0 Å². The highest BCUT2D eigenvalue weighted by molar-refractivity contribution is 8.07. The fourth-order valence-corrected chi connectivity index (χ4v) is 5.63. The Morgan fingerprint density at radius 2 is 2.15 bits per heavy atom. The summed E-state index contributed by atoms with van der Waals surface area (Å²) in [4.78, 5) is 0. The number of nitrogens with one attached hydrogen (secondary N) is 1. The molecule has 6 heteroatoms. The Hall–Kier alpha value is -0.330. The Morgan fingerprint density at radius 3 is 2.90 bits per heavy atom. The van der Waals surface area contributed by atoms with Crippen LogP contribution in [0.15, 0.2) is 28.7 Å². The molecule has 2 heterocycles. The van der Waals surface area contributed by atoms with Crippen molar-refractivity contribution >= 4 is 46.1 Å². The SMILES string of the molecule is CC1SCCSC1C(NN)c1cc2cc(Cl)ccc2o1.